The van der Waals surface area contributed by atoms with Crippen molar-refractivity contribution in [2.45, 2.75) is 25.8 Å². The van der Waals surface area contributed by atoms with Gasteiger partial charge in [0.2, 0.25) is 5.91 Å². The third kappa shape index (κ3) is 4.12. The van der Waals surface area contributed by atoms with Gasteiger partial charge in [0.25, 0.3) is 0 Å². The molecule has 5 nitrogen and oxygen atoms in total. The van der Waals surface area contributed by atoms with Crippen molar-refractivity contribution in [1.82, 2.24) is 9.88 Å². The fraction of sp³-hybridized carbons (Fsp3) is 0.304. The minimum Gasteiger partial charge on any atom is -0.493 e. The number of para-hydroxylation sites is 1. The average molecular weight is 409 g/mol. The Balaban J connectivity index is 1.52. The van der Waals surface area contributed by atoms with Gasteiger partial charge < -0.3 is 14.4 Å². The number of hydrogen-bond donors (Lipinski definition) is 0. The van der Waals surface area contributed by atoms with Crippen LogP contribution in [-0.2, 0) is 4.79 Å². The summed E-state index contributed by atoms with van der Waals surface area (Å²) in [6.07, 6.45) is 5.43. The molecule has 1 aromatic heterocycles. The Morgan fingerprint density at radius 1 is 1.28 bits per heavy atom. The number of methoxy groups -OCH3 is 1. The molecule has 0 N–H and O–H groups in total. The highest BCUT2D eigenvalue weighted by molar-refractivity contribution is 7.18. The smallest absolute Gasteiger partial charge is 0.247 e. The third-order valence-corrected chi connectivity index (χ3v) is 6.17. The Labute approximate surface area is 174 Å². The van der Waals surface area contributed by atoms with Crippen LogP contribution in [0.3, 0.4) is 0 Å². The Morgan fingerprint density at radius 2 is 2.14 bits per heavy atom. The lowest BCUT2D eigenvalue weighted by Gasteiger charge is -2.21. The summed E-state index contributed by atoms with van der Waals surface area (Å²) in [6, 6.07) is 13.8. The first-order valence-electron chi connectivity index (χ1n) is 9.84. The fourth-order valence-electron chi connectivity index (χ4n) is 3.65. The van der Waals surface area contributed by atoms with Crippen molar-refractivity contribution in [3.05, 3.63) is 59.1 Å². The molecule has 1 atom stereocenters. The molecule has 0 aliphatic carbocycles. The van der Waals surface area contributed by atoms with Crippen LogP contribution in [0.1, 0.15) is 36.4 Å². The van der Waals surface area contributed by atoms with E-state index in [1.54, 1.807) is 24.5 Å². The summed E-state index contributed by atoms with van der Waals surface area (Å²) >= 11 is 1.68. The van der Waals surface area contributed by atoms with Gasteiger partial charge in [0.05, 0.1) is 30.0 Å². The molecule has 1 fully saturated rings. The standard InChI is InChI=1S/C23H24N2O3S/c1-3-28-20-15-16(10-12-19(20)27-2)11-13-22(26)25-14-6-8-18(25)23-24-17-7-4-5-9-21(17)29-23/h4-5,7,9-13,15,18H,3,6,8,14H2,1-2H3/b13-11+/t18-/m1/s1. The van der Waals surface area contributed by atoms with E-state index < -0.39 is 0 Å². The second-order valence-electron chi connectivity index (χ2n) is 6.89. The summed E-state index contributed by atoms with van der Waals surface area (Å²) in [5.74, 6) is 1.38. The van der Waals surface area contributed by atoms with Crippen molar-refractivity contribution in [2.75, 3.05) is 20.3 Å². The molecule has 1 amide bonds. The van der Waals surface area contributed by atoms with Crippen LogP contribution >= 0.6 is 11.3 Å². The molecule has 2 heterocycles. The molecule has 150 valence electrons. The van der Waals surface area contributed by atoms with Gasteiger partial charge in [0.1, 0.15) is 5.01 Å². The number of thiazole rings is 1. The normalized spacial score (nSPS) is 16.6. The van der Waals surface area contributed by atoms with Gasteiger partial charge in [0.15, 0.2) is 11.5 Å². The molecule has 29 heavy (non-hydrogen) atoms. The summed E-state index contributed by atoms with van der Waals surface area (Å²) < 4.78 is 12.1. The number of fused-ring (bicyclic) bond motifs is 1. The van der Waals surface area contributed by atoms with Crippen LogP contribution in [0, 0.1) is 0 Å². The largest absolute Gasteiger partial charge is 0.493 e. The molecular formula is C23H24N2O3S. The lowest BCUT2D eigenvalue weighted by Crippen LogP contribution is -2.28. The van der Waals surface area contributed by atoms with Gasteiger partial charge in [-0.3, -0.25) is 4.79 Å². The molecule has 0 bridgehead atoms. The lowest BCUT2D eigenvalue weighted by molar-refractivity contribution is -0.126. The number of carbonyl (C=O) groups excluding carboxylic acids is 1. The van der Waals surface area contributed by atoms with Gasteiger partial charge in [-0.15, -0.1) is 11.3 Å². The van der Waals surface area contributed by atoms with E-state index in [0.717, 1.165) is 35.5 Å². The van der Waals surface area contributed by atoms with Crippen LogP contribution in [0.25, 0.3) is 16.3 Å². The van der Waals surface area contributed by atoms with E-state index in [2.05, 4.69) is 6.07 Å². The van der Waals surface area contributed by atoms with Crippen molar-refractivity contribution in [1.29, 1.82) is 0 Å². The number of likely N-dealkylation sites (tertiary alicyclic amines) is 1. The zero-order valence-corrected chi connectivity index (χ0v) is 17.4. The van der Waals surface area contributed by atoms with Crippen LogP contribution in [-0.4, -0.2) is 36.1 Å². The van der Waals surface area contributed by atoms with Crippen molar-refractivity contribution < 1.29 is 14.3 Å². The maximum absolute atomic E-state index is 12.9. The molecular weight excluding hydrogens is 384 g/mol. The van der Waals surface area contributed by atoms with E-state index in [9.17, 15) is 4.79 Å². The lowest BCUT2D eigenvalue weighted by atomic mass is 10.1. The highest BCUT2D eigenvalue weighted by atomic mass is 32.1. The maximum atomic E-state index is 12.9. The van der Waals surface area contributed by atoms with Crippen molar-refractivity contribution in [2.24, 2.45) is 0 Å². The summed E-state index contributed by atoms with van der Waals surface area (Å²) in [6.45, 7) is 3.25. The molecule has 0 unspecified atom stereocenters. The van der Waals surface area contributed by atoms with Gasteiger partial charge in [-0.1, -0.05) is 18.2 Å². The van der Waals surface area contributed by atoms with Crippen LogP contribution in [0.5, 0.6) is 11.5 Å². The number of rotatable bonds is 6. The number of aromatic nitrogens is 1. The molecule has 4 rings (SSSR count). The Hall–Kier alpha value is -2.86. The molecule has 0 radical (unpaired) electrons. The van der Waals surface area contributed by atoms with Crippen molar-refractivity contribution in [3.63, 3.8) is 0 Å². The summed E-state index contributed by atoms with van der Waals surface area (Å²) in [5.41, 5.74) is 1.90. The molecule has 3 aromatic rings. The van der Waals surface area contributed by atoms with Crippen LogP contribution in [0.2, 0.25) is 0 Å². The van der Waals surface area contributed by atoms with Gasteiger partial charge in [-0.05, 0) is 55.7 Å². The zero-order chi connectivity index (χ0) is 20.2. The molecule has 2 aromatic carbocycles. The zero-order valence-electron chi connectivity index (χ0n) is 16.6. The van der Waals surface area contributed by atoms with Crippen LogP contribution in [0.4, 0.5) is 0 Å². The number of amides is 1. The van der Waals surface area contributed by atoms with E-state index in [1.807, 2.05) is 54.3 Å². The highest BCUT2D eigenvalue weighted by Gasteiger charge is 2.31. The molecule has 0 spiro atoms. The first kappa shape index (κ1) is 19.5. The predicted molar refractivity (Wildman–Crippen MR) is 117 cm³/mol. The Morgan fingerprint density at radius 3 is 2.93 bits per heavy atom. The number of carbonyl (C=O) groups is 1. The Bertz CT molecular complexity index is 1010. The van der Waals surface area contributed by atoms with E-state index in [0.29, 0.717) is 18.1 Å². The molecule has 1 aliphatic heterocycles. The second-order valence-corrected chi connectivity index (χ2v) is 7.95. The minimum atomic E-state index is 0.0144. The van der Waals surface area contributed by atoms with E-state index in [4.69, 9.17) is 14.5 Å². The van der Waals surface area contributed by atoms with Gasteiger partial charge in [-0.2, -0.15) is 0 Å². The van der Waals surface area contributed by atoms with E-state index in [1.165, 1.54) is 4.70 Å². The van der Waals surface area contributed by atoms with Gasteiger partial charge >= 0.3 is 0 Å². The molecule has 1 saturated heterocycles. The van der Waals surface area contributed by atoms with Crippen molar-refractivity contribution in [3.8, 4) is 11.5 Å². The summed E-state index contributed by atoms with van der Waals surface area (Å²) in [4.78, 5) is 19.6. The van der Waals surface area contributed by atoms with E-state index in [-0.39, 0.29) is 11.9 Å². The monoisotopic (exact) mass is 408 g/mol. The summed E-state index contributed by atoms with van der Waals surface area (Å²) in [7, 11) is 1.62. The maximum Gasteiger partial charge on any atom is 0.247 e. The predicted octanol–water partition coefficient (Wildman–Crippen LogP) is 5.08. The van der Waals surface area contributed by atoms with Crippen LogP contribution in [0.15, 0.2) is 48.5 Å². The molecule has 1 aliphatic rings. The molecule has 0 saturated carbocycles. The first-order chi connectivity index (χ1) is 14.2. The van der Waals surface area contributed by atoms with Crippen molar-refractivity contribution >= 4 is 33.5 Å². The SMILES string of the molecule is CCOc1cc(/C=C/C(=O)N2CCC[C@@H]2c2nc3ccccc3s2)ccc1OC. The number of hydrogen-bond acceptors (Lipinski definition) is 5. The molecule has 6 heteroatoms. The number of ether oxygens (including phenoxy) is 2. The Kier molecular flexibility index (Phi) is 5.81. The number of benzene rings is 2. The quantitative estimate of drug-likeness (QED) is 0.534. The van der Waals surface area contributed by atoms with E-state index >= 15 is 0 Å². The minimum absolute atomic E-state index is 0.0144. The first-order valence-corrected chi connectivity index (χ1v) is 10.7. The highest BCUT2D eigenvalue weighted by Crippen LogP contribution is 2.36. The summed E-state index contributed by atoms with van der Waals surface area (Å²) in [5, 5.41) is 1.02. The third-order valence-electron chi connectivity index (χ3n) is 5.04. The number of nitrogens with zero attached hydrogens (tertiary/aromatic N) is 2. The second kappa shape index (κ2) is 8.66. The topological polar surface area (TPSA) is 51.7 Å². The van der Waals surface area contributed by atoms with Gasteiger partial charge in [-0.25, -0.2) is 4.98 Å². The fourth-order valence-corrected chi connectivity index (χ4v) is 4.76. The van der Waals surface area contributed by atoms with Gasteiger partial charge in [0, 0.05) is 12.6 Å². The van der Waals surface area contributed by atoms with Crippen LogP contribution < -0.4 is 9.47 Å². The average Bonchev–Trinajstić information content (AvgIpc) is 3.39.